The number of carboxylic acid groups (broad SMARTS) is 1. The van der Waals surface area contributed by atoms with Gasteiger partial charge in [-0.1, -0.05) is 6.42 Å². The minimum absolute atomic E-state index is 0.0172. The first-order valence-electron chi connectivity index (χ1n) is 6.38. The summed E-state index contributed by atoms with van der Waals surface area (Å²) in [5.41, 5.74) is 0. The van der Waals surface area contributed by atoms with Gasteiger partial charge in [-0.05, 0) is 25.2 Å². The van der Waals surface area contributed by atoms with Crippen LogP contribution in [0.1, 0.15) is 32.1 Å². The molecule has 18 heavy (non-hydrogen) atoms. The van der Waals surface area contributed by atoms with E-state index in [2.05, 4.69) is 10.6 Å². The second kappa shape index (κ2) is 5.37. The molecule has 1 heterocycles. The van der Waals surface area contributed by atoms with Gasteiger partial charge in [-0.15, -0.1) is 0 Å². The first-order chi connectivity index (χ1) is 8.58. The number of rotatable bonds is 4. The monoisotopic (exact) mass is 254 g/mol. The molecule has 1 saturated heterocycles. The summed E-state index contributed by atoms with van der Waals surface area (Å²) in [5, 5.41) is 14.4. The molecule has 100 valence electrons. The van der Waals surface area contributed by atoms with Crippen LogP contribution in [0, 0.1) is 11.8 Å². The average Bonchev–Trinajstić information content (AvgIpc) is 2.94. The largest absolute Gasteiger partial charge is 0.481 e. The van der Waals surface area contributed by atoms with Crippen LogP contribution in [0.15, 0.2) is 0 Å². The lowest BCUT2D eigenvalue weighted by molar-refractivity contribution is -0.143. The van der Waals surface area contributed by atoms with E-state index in [9.17, 15) is 14.4 Å². The minimum atomic E-state index is -0.777. The summed E-state index contributed by atoms with van der Waals surface area (Å²) in [7, 11) is 0. The molecule has 0 aromatic heterocycles. The van der Waals surface area contributed by atoms with Crippen LogP contribution in [0.5, 0.6) is 0 Å². The highest BCUT2D eigenvalue weighted by Gasteiger charge is 2.34. The maximum absolute atomic E-state index is 11.8. The predicted molar refractivity (Wildman–Crippen MR) is 62.6 cm³/mol. The van der Waals surface area contributed by atoms with Crippen LogP contribution < -0.4 is 10.6 Å². The SMILES string of the molecule is O=C1CCC(C(=O)NCC2CCCC2C(=O)O)N1. The lowest BCUT2D eigenvalue weighted by atomic mass is 9.96. The molecule has 1 aliphatic carbocycles. The predicted octanol–water partition coefficient (Wildman–Crippen LogP) is -0.118. The summed E-state index contributed by atoms with van der Waals surface area (Å²) in [4.78, 5) is 33.7. The lowest BCUT2D eigenvalue weighted by Crippen LogP contribution is -2.44. The molecule has 0 spiro atoms. The molecule has 1 aliphatic heterocycles. The average molecular weight is 254 g/mol. The van der Waals surface area contributed by atoms with Crippen LogP contribution >= 0.6 is 0 Å². The number of carbonyl (C=O) groups is 3. The molecule has 0 bridgehead atoms. The number of nitrogens with one attached hydrogen (secondary N) is 2. The lowest BCUT2D eigenvalue weighted by Gasteiger charge is -2.18. The quantitative estimate of drug-likeness (QED) is 0.652. The molecule has 2 rings (SSSR count). The fraction of sp³-hybridized carbons (Fsp3) is 0.750. The van der Waals surface area contributed by atoms with Crippen molar-refractivity contribution in [3.05, 3.63) is 0 Å². The van der Waals surface area contributed by atoms with Gasteiger partial charge in [-0.25, -0.2) is 0 Å². The zero-order valence-corrected chi connectivity index (χ0v) is 10.1. The molecule has 6 heteroatoms. The van der Waals surface area contributed by atoms with Gasteiger partial charge in [0.05, 0.1) is 5.92 Å². The van der Waals surface area contributed by atoms with Gasteiger partial charge in [0, 0.05) is 13.0 Å². The van der Waals surface area contributed by atoms with Crippen molar-refractivity contribution in [1.29, 1.82) is 0 Å². The molecular formula is C12H18N2O4. The van der Waals surface area contributed by atoms with E-state index in [0.29, 0.717) is 25.8 Å². The van der Waals surface area contributed by atoms with Gasteiger partial charge in [0.2, 0.25) is 11.8 Å². The normalized spacial score (nSPS) is 31.1. The zero-order valence-electron chi connectivity index (χ0n) is 10.1. The van der Waals surface area contributed by atoms with Crippen molar-refractivity contribution >= 4 is 17.8 Å². The third-order valence-electron chi connectivity index (χ3n) is 3.83. The number of aliphatic carboxylic acids is 1. The van der Waals surface area contributed by atoms with Crippen molar-refractivity contribution in [2.75, 3.05) is 6.54 Å². The number of carboxylic acids is 1. The summed E-state index contributed by atoms with van der Waals surface area (Å²) in [6.45, 7) is 0.391. The maximum Gasteiger partial charge on any atom is 0.306 e. The smallest absolute Gasteiger partial charge is 0.306 e. The standard InChI is InChI=1S/C12H18N2O4/c15-10-5-4-9(14-10)11(16)13-6-7-2-1-3-8(7)12(17)18/h7-9H,1-6H2,(H,13,16)(H,14,15)(H,17,18). The Kier molecular flexibility index (Phi) is 3.84. The molecule has 3 atom stereocenters. The molecule has 2 amide bonds. The summed E-state index contributed by atoms with van der Waals surface area (Å²) >= 11 is 0. The molecular weight excluding hydrogens is 236 g/mol. The van der Waals surface area contributed by atoms with Crippen LogP contribution in [0.2, 0.25) is 0 Å². The number of hydrogen-bond donors (Lipinski definition) is 3. The second-order valence-electron chi connectivity index (χ2n) is 5.04. The fourth-order valence-corrected chi connectivity index (χ4v) is 2.77. The number of carbonyl (C=O) groups excluding carboxylic acids is 2. The molecule has 0 aromatic rings. The molecule has 3 unspecified atom stereocenters. The third kappa shape index (κ3) is 2.80. The summed E-state index contributed by atoms with van der Waals surface area (Å²) < 4.78 is 0. The minimum Gasteiger partial charge on any atom is -0.481 e. The van der Waals surface area contributed by atoms with E-state index in [1.165, 1.54) is 0 Å². The van der Waals surface area contributed by atoms with E-state index in [1.807, 2.05) is 0 Å². The van der Waals surface area contributed by atoms with Crippen molar-refractivity contribution in [1.82, 2.24) is 10.6 Å². The van der Waals surface area contributed by atoms with Crippen molar-refractivity contribution in [2.45, 2.75) is 38.1 Å². The molecule has 6 nitrogen and oxygen atoms in total. The summed E-state index contributed by atoms with van der Waals surface area (Å²) in [6.07, 6.45) is 3.35. The van der Waals surface area contributed by atoms with E-state index >= 15 is 0 Å². The Morgan fingerprint density at radius 2 is 2.11 bits per heavy atom. The van der Waals surface area contributed by atoms with Gasteiger partial charge in [0.25, 0.3) is 0 Å². The highest BCUT2D eigenvalue weighted by Crippen LogP contribution is 2.31. The third-order valence-corrected chi connectivity index (χ3v) is 3.83. The van der Waals surface area contributed by atoms with Crippen LogP contribution in [-0.2, 0) is 14.4 Å². The first-order valence-corrected chi connectivity index (χ1v) is 6.38. The Bertz CT molecular complexity index is 369. The maximum atomic E-state index is 11.8. The molecule has 2 fully saturated rings. The van der Waals surface area contributed by atoms with Gasteiger partial charge in [-0.3, -0.25) is 14.4 Å². The van der Waals surface area contributed by atoms with Crippen LogP contribution in [0.25, 0.3) is 0 Å². The molecule has 0 radical (unpaired) electrons. The first kappa shape index (κ1) is 12.9. The van der Waals surface area contributed by atoms with Crippen LogP contribution in [0.3, 0.4) is 0 Å². The summed E-state index contributed by atoms with van der Waals surface area (Å²) in [5.74, 6) is -1.40. The summed E-state index contributed by atoms with van der Waals surface area (Å²) in [6, 6.07) is -0.442. The fourth-order valence-electron chi connectivity index (χ4n) is 2.77. The van der Waals surface area contributed by atoms with E-state index in [1.54, 1.807) is 0 Å². The molecule has 1 saturated carbocycles. The Morgan fingerprint density at radius 1 is 1.33 bits per heavy atom. The van der Waals surface area contributed by atoms with E-state index < -0.39 is 12.0 Å². The molecule has 0 aromatic carbocycles. The second-order valence-corrected chi connectivity index (χ2v) is 5.04. The number of amides is 2. The Labute approximate surface area is 105 Å². The van der Waals surface area contributed by atoms with Gasteiger partial charge < -0.3 is 15.7 Å². The van der Waals surface area contributed by atoms with E-state index in [4.69, 9.17) is 5.11 Å². The van der Waals surface area contributed by atoms with Crippen LogP contribution in [0.4, 0.5) is 0 Å². The van der Waals surface area contributed by atoms with Gasteiger partial charge in [-0.2, -0.15) is 0 Å². The van der Waals surface area contributed by atoms with Gasteiger partial charge in [0.15, 0.2) is 0 Å². The van der Waals surface area contributed by atoms with E-state index in [0.717, 1.165) is 12.8 Å². The van der Waals surface area contributed by atoms with Crippen molar-refractivity contribution in [3.8, 4) is 0 Å². The van der Waals surface area contributed by atoms with Gasteiger partial charge in [0.1, 0.15) is 6.04 Å². The van der Waals surface area contributed by atoms with Crippen molar-refractivity contribution < 1.29 is 19.5 Å². The Morgan fingerprint density at radius 3 is 2.72 bits per heavy atom. The Balaban J connectivity index is 1.79. The molecule has 3 N–H and O–H groups in total. The van der Waals surface area contributed by atoms with Gasteiger partial charge >= 0.3 is 5.97 Å². The number of hydrogen-bond acceptors (Lipinski definition) is 3. The van der Waals surface area contributed by atoms with Crippen molar-refractivity contribution in [3.63, 3.8) is 0 Å². The zero-order chi connectivity index (χ0) is 13.1. The highest BCUT2D eigenvalue weighted by atomic mass is 16.4. The van der Waals surface area contributed by atoms with E-state index in [-0.39, 0.29) is 23.7 Å². The molecule has 2 aliphatic rings. The Hall–Kier alpha value is -1.59. The highest BCUT2D eigenvalue weighted by molar-refractivity contribution is 5.90. The van der Waals surface area contributed by atoms with Crippen LogP contribution in [-0.4, -0.2) is 35.5 Å². The topological polar surface area (TPSA) is 95.5 Å². The van der Waals surface area contributed by atoms with Crippen molar-refractivity contribution in [2.24, 2.45) is 11.8 Å².